The molecule has 4 aliphatic carbocycles. The highest BCUT2D eigenvalue weighted by Crippen LogP contribution is 2.68. The molecule has 0 unspecified atom stereocenters. The van der Waals surface area contributed by atoms with Crippen molar-refractivity contribution in [1.82, 2.24) is 0 Å². The second-order valence-corrected chi connectivity index (χ2v) is 12.4. The summed E-state index contributed by atoms with van der Waals surface area (Å²) in [6.45, 7) is 10.8. The summed E-state index contributed by atoms with van der Waals surface area (Å²) in [6.07, 6.45) is 14.7. The van der Waals surface area contributed by atoms with E-state index in [0.717, 1.165) is 70.6 Å². The third-order valence-corrected chi connectivity index (χ3v) is 10.4. The third kappa shape index (κ3) is 5.24. The van der Waals surface area contributed by atoms with Crippen molar-refractivity contribution in [1.29, 1.82) is 0 Å². The van der Waals surface area contributed by atoms with Gasteiger partial charge in [-0.25, -0.2) is 0 Å². The summed E-state index contributed by atoms with van der Waals surface area (Å²) < 4.78 is 6.16. The minimum Gasteiger partial charge on any atom is -0.450 e. The van der Waals surface area contributed by atoms with Crippen molar-refractivity contribution >= 4 is 17.5 Å². The highest BCUT2D eigenvalue weighted by molar-refractivity contribution is 5.91. The maximum Gasteiger partial charge on any atom is 0.306 e. The molecular weight excluding hydrogens is 452 g/mol. The highest BCUT2D eigenvalue weighted by atomic mass is 16.6. The molecule has 0 spiro atoms. The van der Waals surface area contributed by atoms with Gasteiger partial charge in [-0.05, 0) is 94.0 Å². The molecule has 36 heavy (non-hydrogen) atoms. The van der Waals surface area contributed by atoms with Gasteiger partial charge in [0.2, 0.25) is 0 Å². The highest BCUT2D eigenvalue weighted by Gasteiger charge is 2.67. The summed E-state index contributed by atoms with van der Waals surface area (Å²) in [6, 6.07) is 0. The van der Waals surface area contributed by atoms with Crippen molar-refractivity contribution in [2.45, 2.75) is 130 Å². The molecule has 6 atom stereocenters. The van der Waals surface area contributed by atoms with Crippen LogP contribution >= 0.6 is 0 Å². The lowest BCUT2D eigenvalue weighted by Crippen LogP contribution is -2.58. The van der Waals surface area contributed by atoms with E-state index in [2.05, 4.69) is 27.7 Å². The first-order chi connectivity index (χ1) is 17.1. The summed E-state index contributed by atoms with van der Waals surface area (Å²) >= 11 is 0. The lowest BCUT2D eigenvalue weighted by atomic mass is 9.46. The Morgan fingerprint density at radius 2 is 1.67 bits per heavy atom. The lowest BCUT2D eigenvalue weighted by Gasteiger charge is -2.59. The molecule has 0 radical (unpaired) electrons. The van der Waals surface area contributed by atoms with Crippen LogP contribution in [-0.2, 0) is 19.1 Å². The zero-order chi connectivity index (χ0) is 26.6. The normalized spacial score (nSPS) is 37.0. The maximum absolute atomic E-state index is 13.1. The summed E-state index contributed by atoms with van der Waals surface area (Å²) in [7, 11) is 0. The smallest absolute Gasteiger partial charge is 0.306 e. The molecule has 0 heterocycles. The number of aliphatic hydroxyl groups excluding tert-OH is 1. The van der Waals surface area contributed by atoms with Gasteiger partial charge < -0.3 is 9.84 Å². The molecule has 3 saturated carbocycles. The van der Waals surface area contributed by atoms with Crippen LogP contribution in [0.15, 0.2) is 11.6 Å². The Hall–Kier alpha value is -1.49. The molecule has 0 saturated heterocycles. The Morgan fingerprint density at radius 1 is 0.972 bits per heavy atom. The van der Waals surface area contributed by atoms with Crippen LogP contribution in [-0.4, -0.2) is 34.9 Å². The van der Waals surface area contributed by atoms with Crippen molar-refractivity contribution in [3.05, 3.63) is 11.6 Å². The number of Topliss-reactive ketones (excluding diaryl/α,β-unsaturated/α-hetero) is 1. The lowest BCUT2D eigenvalue weighted by molar-refractivity contribution is -0.189. The topological polar surface area (TPSA) is 80.7 Å². The number of allylic oxidation sites excluding steroid dienone is 1. The molecule has 0 bridgehead atoms. The van der Waals surface area contributed by atoms with Crippen molar-refractivity contribution in [3.8, 4) is 0 Å². The monoisotopic (exact) mass is 502 g/mol. The van der Waals surface area contributed by atoms with Gasteiger partial charge in [-0.1, -0.05) is 52.5 Å². The number of hydrogen-bond donors (Lipinski definition) is 1. The van der Waals surface area contributed by atoms with Crippen LogP contribution in [0.3, 0.4) is 0 Å². The average molecular weight is 503 g/mol. The summed E-state index contributed by atoms with van der Waals surface area (Å²) in [5.74, 6) is 1.66. The standard InChI is InChI=1S/C27H40O4.C4H10O/c1-5-6-7-8-24(30)31-27(18(2)28)16-13-23-21-10-9-19-17-20(29)11-14-25(19,3)22(21)12-15-26(23,27)4;1-2-3-4-5/h17,21-23H,5-16H2,1-4H3;5H,2-4H2,1H3/t21-,22+,23+,25+,26+,27+;/m1./s1. The van der Waals surface area contributed by atoms with Crippen LogP contribution in [0, 0.1) is 28.6 Å². The largest absolute Gasteiger partial charge is 0.450 e. The third-order valence-electron chi connectivity index (χ3n) is 10.4. The van der Waals surface area contributed by atoms with Crippen LogP contribution in [0.4, 0.5) is 0 Å². The van der Waals surface area contributed by atoms with E-state index in [-0.39, 0.29) is 28.4 Å². The van der Waals surface area contributed by atoms with Gasteiger partial charge in [0.1, 0.15) is 0 Å². The van der Waals surface area contributed by atoms with Crippen LogP contribution in [0.1, 0.15) is 125 Å². The minimum absolute atomic E-state index is 0.0330. The molecule has 4 aliphatic rings. The number of esters is 1. The second kappa shape index (κ2) is 11.9. The predicted octanol–water partition coefficient (Wildman–Crippen LogP) is 6.75. The number of rotatable bonds is 8. The molecule has 0 aromatic rings. The van der Waals surface area contributed by atoms with Crippen molar-refractivity contribution in [2.24, 2.45) is 28.6 Å². The van der Waals surface area contributed by atoms with Gasteiger partial charge in [0, 0.05) is 24.9 Å². The first-order valence-electron chi connectivity index (χ1n) is 14.7. The van der Waals surface area contributed by atoms with Crippen molar-refractivity contribution in [3.63, 3.8) is 0 Å². The van der Waals surface area contributed by atoms with Gasteiger partial charge in [0.05, 0.1) is 0 Å². The fourth-order valence-electron chi connectivity index (χ4n) is 8.30. The van der Waals surface area contributed by atoms with E-state index in [1.54, 1.807) is 6.92 Å². The van der Waals surface area contributed by atoms with Gasteiger partial charge >= 0.3 is 5.97 Å². The number of carbonyl (C=O) groups excluding carboxylic acids is 3. The summed E-state index contributed by atoms with van der Waals surface area (Å²) in [5.41, 5.74) is 0.261. The number of ketones is 2. The van der Waals surface area contributed by atoms with E-state index in [1.807, 2.05) is 6.08 Å². The van der Waals surface area contributed by atoms with Crippen LogP contribution < -0.4 is 0 Å². The second-order valence-electron chi connectivity index (χ2n) is 12.4. The quantitative estimate of drug-likeness (QED) is 0.293. The average Bonchev–Trinajstić information content (AvgIpc) is 3.14. The summed E-state index contributed by atoms with van der Waals surface area (Å²) in [5, 5.41) is 8.07. The van der Waals surface area contributed by atoms with E-state index in [1.165, 1.54) is 5.57 Å². The molecule has 3 fully saturated rings. The molecule has 4 rings (SSSR count). The first-order valence-corrected chi connectivity index (χ1v) is 14.7. The number of carbonyl (C=O) groups is 3. The minimum atomic E-state index is -0.953. The van der Waals surface area contributed by atoms with Crippen molar-refractivity contribution in [2.75, 3.05) is 6.61 Å². The first kappa shape index (κ1) is 29.1. The molecule has 204 valence electrons. The molecule has 5 heteroatoms. The van der Waals surface area contributed by atoms with E-state index >= 15 is 0 Å². The Kier molecular flexibility index (Phi) is 9.63. The van der Waals surface area contributed by atoms with E-state index in [0.29, 0.717) is 43.6 Å². The van der Waals surface area contributed by atoms with Gasteiger partial charge in [-0.15, -0.1) is 0 Å². The van der Waals surface area contributed by atoms with Crippen molar-refractivity contribution < 1.29 is 24.2 Å². The fourth-order valence-corrected chi connectivity index (χ4v) is 8.30. The molecule has 0 aromatic heterocycles. The summed E-state index contributed by atoms with van der Waals surface area (Å²) in [4.78, 5) is 37.8. The number of hydrogen-bond acceptors (Lipinski definition) is 5. The fraction of sp³-hybridized carbons (Fsp3) is 0.839. The number of fused-ring (bicyclic) bond motifs is 5. The molecule has 5 nitrogen and oxygen atoms in total. The Balaban J connectivity index is 0.000000658. The zero-order valence-electron chi connectivity index (χ0n) is 23.5. The van der Waals surface area contributed by atoms with Crippen LogP contribution in [0.2, 0.25) is 0 Å². The SMILES string of the molecule is CCCCCC(=O)O[C@]1(C(C)=O)CC[C@H]2[C@@H]3CCC4=CC(=O)CC[C@]4(C)[C@H]3CC[C@@]21C.CCCCO. The molecule has 0 amide bonds. The van der Waals surface area contributed by atoms with Gasteiger partial charge in [-0.2, -0.15) is 0 Å². The van der Waals surface area contributed by atoms with Gasteiger partial charge in [-0.3, -0.25) is 14.4 Å². The van der Waals surface area contributed by atoms with Crippen LogP contribution in [0.5, 0.6) is 0 Å². The van der Waals surface area contributed by atoms with E-state index in [4.69, 9.17) is 9.84 Å². The Morgan fingerprint density at radius 3 is 2.28 bits per heavy atom. The van der Waals surface area contributed by atoms with Gasteiger partial charge in [0.15, 0.2) is 17.2 Å². The Labute approximate surface area is 218 Å². The van der Waals surface area contributed by atoms with Crippen LogP contribution in [0.25, 0.3) is 0 Å². The molecule has 1 N–H and O–H groups in total. The number of unbranched alkanes of at least 4 members (excludes halogenated alkanes) is 3. The number of ether oxygens (including phenoxy) is 1. The maximum atomic E-state index is 13.1. The molecule has 0 aliphatic heterocycles. The predicted molar refractivity (Wildman–Crippen MR) is 142 cm³/mol. The van der Waals surface area contributed by atoms with Gasteiger partial charge in [0.25, 0.3) is 0 Å². The zero-order valence-corrected chi connectivity index (χ0v) is 23.5. The van der Waals surface area contributed by atoms with E-state index in [9.17, 15) is 14.4 Å². The Bertz CT molecular complexity index is 844. The molecule has 0 aromatic carbocycles. The van der Waals surface area contributed by atoms with E-state index < -0.39 is 5.60 Å². The molecular formula is C31H50O5. The number of aliphatic hydroxyl groups is 1.